The van der Waals surface area contributed by atoms with Crippen LogP contribution in [0.3, 0.4) is 0 Å². The Labute approximate surface area is 95.6 Å². The van der Waals surface area contributed by atoms with E-state index in [0.29, 0.717) is 12.5 Å². The Balaban J connectivity index is 2.77. The molecule has 0 fully saturated rings. The number of hydrogen-bond donors (Lipinski definition) is 2. The molecule has 2 aromatic rings. The third kappa shape index (κ3) is 1.57. The van der Waals surface area contributed by atoms with Crippen molar-refractivity contribution in [3.05, 3.63) is 29.5 Å². The zero-order valence-electron chi connectivity index (χ0n) is 10.0. The average molecular weight is 218 g/mol. The highest BCUT2D eigenvalue weighted by atomic mass is 16.5. The van der Waals surface area contributed by atoms with E-state index in [1.165, 1.54) is 5.56 Å². The molecule has 0 unspecified atom stereocenters. The summed E-state index contributed by atoms with van der Waals surface area (Å²) in [6, 6.07) is 4.13. The molecule has 0 bridgehead atoms. The van der Waals surface area contributed by atoms with Gasteiger partial charge < -0.3 is 15.5 Å². The molecule has 3 heteroatoms. The van der Waals surface area contributed by atoms with Crippen molar-refractivity contribution in [1.29, 1.82) is 0 Å². The summed E-state index contributed by atoms with van der Waals surface area (Å²) < 4.78 is 5.39. The van der Waals surface area contributed by atoms with Gasteiger partial charge in [-0.05, 0) is 23.1 Å². The van der Waals surface area contributed by atoms with Gasteiger partial charge in [-0.25, -0.2) is 0 Å². The molecule has 1 heterocycles. The first-order valence-electron chi connectivity index (χ1n) is 5.56. The highest BCUT2D eigenvalue weighted by Crippen LogP contribution is 2.33. The van der Waals surface area contributed by atoms with Gasteiger partial charge >= 0.3 is 0 Å². The summed E-state index contributed by atoms with van der Waals surface area (Å²) in [4.78, 5) is 3.30. The molecular formula is C13H18N2O. The molecular weight excluding hydrogens is 200 g/mol. The molecule has 86 valence electrons. The van der Waals surface area contributed by atoms with Gasteiger partial charge in [0, 0.05) is 18.1 Å². The number of fused-ring (bicyclic) bond motifs is 1. The van der Waals surface area contributed by atoms with Crippen molar-refractivity contribution >= 4 is 10.9 Å². The average Bonchev–Trinajstić information content (AvgIpc) is 2.71. The van der Waals surface area contributed by atoms with Crippen LogP contribution in [0.2, 0.25) is 0 Å². The first kappa shape index (κ1) is 11.0. The van der Waals surface area contributed by atoms with E-state index in [1.807, 2.05) is 12.3 Å². The maximum Gasteiger partial charge on any atom is 0.128 e. The van der Waals surface area contributed by atoms with Crippen molar-refractivity contribution in [2.75, 3.05) is 7.11 Å². The third-order valence-corrected chi connectivity index (χ3v) is 2.97. The van der Waals surface area contributed by atoms with Crippen molar-refractivity contribution in [3.63, 3.8) is 0 Å². The topological polar surface area (TPSA) is 51.0 Å². The Hall–Kier alpha value is -1.48. The van der Waals surface area contributed by atoms with Gasteiger partial charge in [-0.2, -0.15) is 0 Å². The molecule has 0 radical (unpaired) electrons. The summed E-state index contributed by atoms with van der Waals surface area (Å²) in [7, 11) is 1.69. The lowest BCUT2D eigenvalue weighted by atomic mass is 9.99. The van der Waals surface area contributed by atoms with Crippen LogP contribution in [-0.2, 0) is 6.54 Å². The molecule has 0 aliphatic rings. The van der Waals surface area contributed by atoms with E-state index in [4.69, 9.17) is 10.5 Å². The van der Waals surface area contributed by atoms with E-state index >= 15 is 0 Å². The fourth-order valence-electron chi connectivity index (χ4n) is 2.12. The van der Waals surface area contributed by atoms with Crippen molar-refractivity contribution in [1.82, 2.24) is 4.98 Å². The Morgan fingerprint density at radius 3 is 2.69 bits per heavy atom. The Morgan fingerprint density at radius 2 is 2.12 bits per heavy atom. The van der Waals surface area contributed by atoms with Gasteiger partial charge in [-0.3, -0.25) is 0 Å². The second-order valence-electron chi connectivity index (χ2n) is 4.28. The normalized spacial score (nSPS) is 11.3. The molecule has 1 aromatic heterocycles. The second kappa shape index (κ2) is 4.18. The number of hydrogen-bond acceptors (Lipinski definition) is 2. The quantitative estimate of drug-likeness (QED) is 0.832. The van der Waals surface area contributed by atoms with Gasteiger partial charge in [0.1, 0.15) is 5.75 Å². The summed E-state index contributed by atoms with van der Waals surface area (Å²) in [5.41, 5.74) is 9.29. The Bertz CT molecular complexity index is 500. The van der Waals surface area contributed by atoms with E-state index < -0.39 is 0 Å². The van der Waals surface area contributed by atoms with Crippen LogP contribution in [0.15, 0.2) is 18.3 Å². The minimum atomic E-state index is 0.484. The van der Waals surface area contributed by atoms with Crippen LogP contribution in [0.1, 0.15) is 30.9 Å². The molecule has 16 heavy (non-hydrogen) atoms. The van der Waals surface area contributed by atoms with Crippen molar-refractivity contribution in [2.45, 2.75) is 26.3 Å². The van der Waals surface area contributed by atoms with Crippen LogP contribution in [0.25, 0.3) is 10.9 Å². The van der Waals surface area contributed by atoms with Crippen LogP contribution >= 0.6 is 0 Å². The lowest BCUT2D eigenvalue weighted by Crippen LogP contribution is -1.97. The fourth-order valence-corrected chi connectivity index (χ4v) is 2.12. The summed E-state index contributed by atoms with van der Waals surface area (Å²) >= 11 is 0. The lowest BCUT2D eigenvalue weighted by molar-refractivity contribution is 0.419. The first-order chi connectivity index (χ1) is 7.69. The van der Waals surface area contributed by atoms with Gasteiger partial charge in [0.25, 0.3) is 0 Å². The predicted octanol–water partition coefficient (Wildman–Crippen LogP) is 2.76. The first-order valence-corrected chi connectivity index (χ1v) is 5.56. The standard InChI is InChI=1S/C13H18N2O/c1-8(2)10-4-5-11(16-3)12-9(6-14)7-15-13(10)12/h4-5,7-8,15H,6,14H2,1-3H3. The number of aromatic nitrogens is 1. The number of methoxy groups -OCH3 is 1. The number of H-pyrrole nitrogens is 1. The summed E-state index contributed by atoms with van der Waals surface area (Å²) in [6.07, 6.45) is 1.97. The van der Waals surface area contributed by atoms with Crippen LogP contribution in [0, 0.1) is 0 Å². The monoisotopic (exact) mass is 218 g/mol. The van der Waals surface area contributed by atoms with E-state index in [0.717, 1.165) is 22.2 Å². The van der Waals surface area contributed by atoms with Crippen LogP contribution in [0.4, 0.5) is 0 Å². The van der Waals surface area contributed by atoms with E-state index in [1.54, 1.807) is 7.11 Å². The molecule has 1 aromatic carbocycles. The van der Waals surface area contributed by atoms with Crippen molar-refractivity contribution < 1.29 is 4.74 Å². The molecule has 0 amide bonds. The summed E-state index contributed by atoms with van der Waals surface area (Å²) in [5, 5.41) is 1.12. The molecule has 0 aliphatic carbocycles. The minimum Gasteiger partial charge on any atom is -0.496 e. The smallest absolute Gasteiger partial charge is 0.128 e. The molecule has 3 N–H and O–H groups in total. The second-order valence-corrected chi connectivity index (χ2v) is 4.28. The molecule has 3 nitrogen and oxygen atoms in total. The largest absolute Gasteiger partial charge is 0.496 e. The maximum atomic E-state index is 5.73. The summed E-state index contributed by atoms with van der Waals surface area (Å²) in [5.74, 6) is 1.37. The van der Waals surface area contributed by atoms with E-state index in [9.17, 15) is 0 Å². The lowest BCUT2D eigenvalue weighted by Gasteiger charge is -2.10. The molecule has 0 saturated heterocycles. The van der Waals surface area contributed by atoms with Crippen LogP contribution in [0.5, 0.6) is 5.75 Å². The number of benzene rings is 1. The van der Waals surface area contributed by atoms with Gasteiger partial charge in [-0.1, -0.05) is 19.9 Å². The molecule has 2 rings (SSSR count). The highest BCUT2D eigenvalue weighted by molar-refractivity contribution is 5.92. The van der Waals surface area contributed by atoms with Gasteiger partial charge in [-0.15, -0.1) is 0 Å². The van der Waals surface area contributed by atoms with Crippen LogP contribution in [-0.4, -0.2) is 12.1 Å². The fraction of sp³-hybridized carbons (Fsp3) is 0.385. The van der Waals surface area contributed by atoms with Crippen molar-refractivity contribution in [2.24, 2.45) is 5.73 Å². The number of aromatic amines is 1. The zero-order chi connectivity index (χ0) is 11.7. The number of ether oxygens (including phenoxy) is 1. The summed E-state index contributed by atoms with van der Waals surface area (Å²) in [6.45, 7) is 4.90. The highest BCUT2D eigenvalue weighted by Gasteiger charge is 2.13. The van der Waals surface area contributed by atoms with E-state index in [-0.39, 0.29) is 0 Å². The minimum absolute atomic E-state index is 0.484. The number of rotatable bonds is 3. The Kier molecular flexibility index (Phi) is 2.88. The number of nitrogens with one attached hydrogen (secondary N) is 1. The van der Waals surface area contributed by atoms with Crippen LogP contribution < -0.4 is 10.5 Å². The third-order valence-electron chi connectivity index (χ3n) is 2.97. The maximum absolute atomic E-state index is 5.73. The van der Waals surface area contributed by atoms with Gasteiger partial charge in [0.05, 0.1) is 12.6 Å². The van der Waals surface area contributed by atoms with Gasteiger partial charge in [0.15, 0.2) is 0 Å². The van der Waals surface area contributed by atoms with Crippen molar-refractivity contribution in [3.8, 4) is 5.75 Å². The SMILES string of the molecule is COc1ccc(C(C)C)c2[nH]cc(CN)c12. The zero-order valence-corrected chi connectivity index (χ0v) is 10.0. The number of nitrogens with two attached hydrogens (primary N) is 1. The molecule has 0 spiro atoms. The molecule has 0 aliphatic heterocycles. The van der Waals surface area contributed by atoms with Gasteiger partial charge in [0.2, 0.25) is 0 Å². The molecule has 0 saturated carbocycles. The molecule has 0 atom stereocenters. The predicted molar refractivity (Wildman–Crippen MR) is 66.8 cm³/mol. The Morgan fingerprint density at radius 1 is 1.38 bits per heavy atom. The van der Waals surface area contributed by atoms with E-state index in [2.05, 4.69) is 24.9 Å².